The van der Waals surface area contributed by atoms with E-state index in [0.29, 0.717) is 17.8 Å². The Hall–Kier alpha value is -2.95. The van der Waals surface area contributed by atoms with Crippen LogP contribution in [0, 0.1) is 5.92 Å². The third kappa shape index (κ3) is 2.90. The zero-order valence-electron chi connectivity index (χ0n) is 15.3. The van der Waals surface area contributed by atoms with Gasteiger partial charge in [0.25, 0.3) is 5.56 Å². The average molecular weight is 346 g/mol. The highest BCUT2D eigenvalue weighted by Gasteiger charge is 2.15. The summed E-state index contributed by atoms with van der Waals surface area (Å²) in [7, 11) is 1.70. The zero-order valence-corrected chi connectivity index (χ0v) is 15.3. The van der Waals surface area contributed by atoms with Gasteiger partial charge in [0.1, 0.15) is 5.52 Å². The van der Waals surface area contributed by atoms with Gasteiger partial charge in [-0.25, -0.2) is 4.68 Å². The van der Waals surface area contributed by atoms with Crippen molar-refractivity contribution in [2.75, 3.05) is 0 Å². The summed E-state index contributed by atoms with van der Waals surface area (Å²) < 4.78 is 3.28. The molecule has 2 aromatic heterocycles. The van der Waals surface area contributed by atoms with Crippen molar-refractivity contribution in [1.29, 1.82) is 0 Å². The quantitative estimate of drug-likeness (QED) is 0.568. The van der Waals surface area contributed by atoms with Gasteiger partial charge in [0.2, 0.25) is 0 Å². The van der Waals surface area contributed by atoms with Crippen LogP contribution < -0.4 is 5.56 Å². The predicted octanol–water partition coefficient (Wildman–Crippen LogP) is 3.53. The molecule has 0 atom stereocenters. The molecule has 5 heteroatoms. The molecule has 0 spiro atoms. The maximum Gasteiger partial charge on any atom is 0.277 e. The third-order valence-corrected chi connectivity index (χ3v) is 4.64. The first-order chi connectivity index (χ1) is 12.5. The van der Waals surface area contributed by atoms with Crippen molar-refractivity contribution in [2.24, 2.45) is 13.0 Å². The molecule has 0 N–H and O–H groups in total. The minimum atomic E-state index is -0.100. The second kappa shape index (κ2) is 6.41. The van der Waals surface area contributed by atoms with Crippen LogP contribution in [0.25, 0.3) is 21.7 Å². The Labute approximate surface area is 151 Å². The first kappa shape index (κ1) is 16.5. The topological polar surface area (TPSA) is 52.7 Å². The summed E-state index contributed by atoms with van der Waals surface area (Å²) in [6.07, 6.45) is 2.65. The van der Waals surface area contributed by atoms with Crippen molar-refractivity contribution in [2.45, 2.75) is 26.8 Å². The molecule has 4 rings (SSSR count). The van der Waals surface area contributed by atoms with Crippen LogP contribution in [0.15, 0.2) is 53.5 Å². The minimum absolute atomic E-state index is 0.100. The second-order valence-corrected chi connectivity index (χ2v) is 7.20. The molecule has 0 bridgehead atoms. The van der Waals surface area contributed by atoms with Crippen molar-refractivity contribution in [3.05, 3.63) is 70.3 Å². The van der Waals surface area contributed by atoms with E-state index in [0.717, 1.165) is 17.6 Å². The molecule has 5 nitrogen and oxygen atoms in total. The highest BCUT2D eigenvalue weighted by atomic mass is 16.1. The highest BCUT2D eigenvalue weighted by molar-refractivity contribution is 5.85. The van der Waals surface area contributed by atoms with Gasteiger partial charge in [-0.3, -0.25) is 9.48 Å². The molecule has 4 aromatic rings. The fourth-order valence-electron chi connectivity index (χ4n) is 3.45. The van der Waals surface area contributed by atoms with E-state index in [1.807, 2.05) is 23.0 Å². The van der Waals surface area contributed by atoms with E-state index in [4.69, 9.17) is 5.10 Å². The molecule has 0 aliphatic rings. The maximum absolute atomic E-state index is 12.5. The fraction of sp³-hybridized carbons (Fsp3) is 0.286. The standard InChI is InChI=1S/C21H22N4O/c1-14(2)11-19-20-18(21(26)24(3)22-19)13-25(23-20)12-16-9-6-8-15-7-4-5-10-17(15)16/h4-10,13-14H,11-12H2,1-3H3. The van der Waals surface area contributed by atoms with E-state index in [1.165, 1.54) is 21.0 Å². The normalized spacial score (nSPS) is 11.7. The Morgan fingerprint density at radius 3 is 2.58 bits per heavy atom. The van der Waals surface area contributed by atoms with Crippen LogP contribution in [-0.2, 0) is 20.0 Å². The molecule has 0 unspecified atom stereocenters. The van der Waals surface area contributed by atoms with Crippen molar-refractivity contribution in [3.63, 3.8) is 0 Å². The second-order valence-electron chi connectivity index (χ2n) is 7.20. The van der Waals surface area contributed by atoms with Crippen molar-refractivity contribution < 1.29 is 0 Å². The Bertz CT molecular complexity index is 1150. The van der Waals surface area contributed by atoms with E-state index < -0.39 is 0 Å². The van der Waals surface area contributed by atoms with Crippen LogP contribution in [0.5, 0.6) is 0 Å². The lowest BCUT2D eigenvalue weighted by atomic mass is 10.0. The molecule has 0 aliphatic carbocycles. The van der Waals surface area contributed by atoms with E-state index in [9.17, 15) is 4.79 Å². The maximum atomic E-state index is 12.5. The van der Waals surface area contributed by atoms with E-state index in [2.05, 4.69) is 49.3 Å². The molecule has 2 heterocycles. The van der Waals surface area contributed by atoms with E-state index >= 15 is 0 Å². The van der Waals surface area contributed by atoms with Crippen LogP contribution in [0.1, 0.15) is 25.1 Å². The molecule has 0 saturated carbocycles. The molecule has 2 aromatic carbocycles. The van der Waals surface area contributed by atoms with Gasteiger partial charge < -0.3 is 0 Å². The monoisotopic (exact) mass is 346 g/mol. The molecule has 0 fully saturated rings. The summed E-state index contributed by atoms with van der Waals surface area (Å²) in [6.45, 7) is 4.91. The van der Waals surface area contributed by atoms with Gasteiger partial charge in [-0.2, -0.15) is 10.2 Å². The SMILES string of the molecule is CC(C)Cc1nn(C)c(=O)c2cn(Cc3cccc4ccccc34)nc12. The Kier molecular flexibility index (Phi) is 4.07. The van der Waals surface area contributed by atoms with Crippen LogP contribution in [0.4, 0.5) is 0 Å². The van der Waals surface area contributed by atoms with Crippen LogP contribution in [0.2, 0.25) is 0 Å². The fourth-order valence-corrected chi connectivity index (χ4v) is 3.45. The number of hydrogen-bond donors (Lipinski definition) is 0. The Morgan fingerprint density at radius 1 is 1.00 bits per heavy atom. The molecule has 0 amide bonds. The predicted molar refractivity (Wildman–Crippen MR) is 104 cm³/mol. The molecular weight excluding hydrogens is 324 g/mol. The van der Waals surface area contributed by atoms with Gasteiger partial charge >= 0.3 is 0 Å². The third-order valence-electron chi connectivity index (χ3n) is 4.64. The Balaban J connectivity index is 1.82. The van der Waals surface area contributed by atoms with Crippen molar-refractivity contribution in [1.82, 2.24) is 19.6 Å². The first-order valence-corrected chi connectivity index (χ1v) is 8.93. The van der Waals surface area contributed by atoms with Crippen LogP contribution >= 0.6 is 0 Å². The van der Waals surface area contributed by atoms with Gasteiger partial charge in [-0.1, -0.05) is 56.3 Å². The number of benzene rings is 2. The first-order valence-electron chi connectivity index (χ1n) is 8.93. The molecule has 0 radical (unpaired) electrons. The summed E-state index contributed by atoms with van der Waals surface area (Å²) in [5.74, 6) is 0.450. The smallest absolute Gasteiger partial charge is 0.267 e. The number of fused-ring (bicyclic) bond motifs is 2. The van der Waals surface area contributed by atoms with Crippen LogP contribution in [0.3, 0.4) is 0 Å². The largest absolute Gasteiger partial charge is 0.277 e. The van der Waals surface area contributed by atoms with Gasteiger partial charge in [0, 0.05) is 13.2 Å². The molecular formula is C21H22N4O. The molecule has 0 aliphatic heterocycles. The van der Waals surface area contributed by atoms with Gasteiger partial charge in [0.15, 0.2) is 0 Å². The molecule has 132 valence electrons. The van der Waals surface area contributed by atoms with Crippen molar-refractivity contribution in [3.8, 4) is 0 Å². The minimum Gasteiger partial charge on any atom is -0.267 e. The summed E-state index contributed by atoms with van der Waals surface area (Å²) in [6, 6.07) is 14.6. The lowest BCUT2D eigenvalue weighted by Gasteiger charge is -2.07. The molecule has 26 heavy (non-hydrogen) atoms. The Morgan fingerprint density at radius 2 is 1.77 bits per heavy atom. The number of aryl methyl sites for hydroxylation is 1. The van der Waals surface area contributed by atoms with E-state index in [-0.39, 0.29) is 5.56 Å². The van der Waals surface area contributed by atoms with Gasteiger partial charge in [-0.15, -0.1) is 0 Å². The van der Waals surface area contributed by atoms with E-state index in [1.54, 1.807) is 7.05 Å². The zero-order chi connectivity index (χ0) is 18.3. The van der Waals surface area contributed by atoms with Gasteiger partial charge in [-0.05, 0) is 28.7 Å². The number of hydrogen-bond acceptors (Lipinski definition) is 3. The summed E-state index contributed by atoms with van der Waals surface area (Å²) in [4.78, 5) is 12.5. The highest BCUT2D eigenvalue weighted by Crippen LogP contribution is 2.21. The average Bonchev–Trinajstić information content (AvgIpc) is 3.04. The number of aromatic nitrogens is 4. The summed E-state index contributed by atoms with van der Waals surface area (Å²) in [5, 5.41) is 12.2. The summed E-state index contributed by atoms with van der Waals surface area (Å²) in [5.41, 5.74) is 2.69. The lowest BCUT2D eigenvalue weighted by Crippen LogP contribution is -2.21. The van der Waals surface area contributed by atoms with Crippen LogP contribution in [-0.4, -0.2) is 19.6 Å². The van der Waals surface area contributed by atoms with Gasteiger partial charge in [0.05, 0.1) is 17.6 Å². The number of rotatable bonds is 4. The summed E-state index contributed by atoms with van der Waals surface area (Å²) >= 11 is 0. The lowest BCUT2D eigenvalue weighted by molar-refractivity contribution is 0.603. The van der Waals surface area contributed by atoms with Crippen molar-refractivity contribution >= 4 is 21.7 Å². The number of nitrogens with zero attached hydrogens (tertiary/aromatic N) is 4. The molecule has 0 saturated heterocycles.